The molecule has 0 aliphatic carbocycles. The average Bonchev–Trinajstić information content (AvgIpc) is 3.15. The molecule has 1 heterocycles. The predicted molar refractivity (Wildman–Crippen MR) is 98.3 cm³/mol. The number of hydrogen-bond donors (Lipinski definition) is 2. The minimum Gasteiger partial charge on any atom is -0.343 e. The summed E-state index contributed by atoms with van der Waals surface area (Å²) >= 11 is 0. The van der Waals surface area contributed by atoms with Gasteiger partial charge in [-0.15, -0.1) is 0 Å². The fraction of sp³-hybridized carbons (Fsp3) is 0.167. The Balaban J connectivity index is 1.70. The molecule has 0 atom stereocenters. The van der Waals surface area contributed by atoms with E-state index in [9.17, 15) is 13.2 Å². The second-order valence-electron chi connectivity index (χ2n) is 5.74. The monoisotopic (exact) mass is 386 g/mol. The summed E-state index contributed by atoms with van der Waals surface area (Å²) in [5.41, 5.74) is 2.07. The lowest BCUT2D eigenvalue weighted by molar-refractivity contribution is 0.0946. The molecule has 27 heavy (non-hydrogen) atoms. The molecule has 0 spiro atoms. The topological polar surface area (TPSA) is 114 Å². The normalized spacial score (nSPS) is 11.3. The third-order valence-electron chi connectivity index (χ3n) is 3.93. The molecular weight excluding hydrogens is 368 g/mol. The Morgan fingerprint density at radius 3 is 2.67 bits per heavy atom. The van der Waals surface area contributed by atoms with Gasteiger partial charge in [-0.25, -0.2) is 13.1 Å². The lowest BCUT2D eigenvalue weighted by Crippen LogP contribution is -2.24. The summed E-state index contributed by atoms with van der Waals surface area (Å²) in [7, 11) is -2.31. The molecule has 0 aliphatic heterocycles. The minimum absolute atomic E-state index is 0.0114. The third kappa shape index (κ3) is 4.21. The number of sulfonamides is 1. The number of carbonyl (C=O) groups is 1. The van der Waals surface area contributed by atoms with Gasteiger partial charge in [0.05, 0.1) is 11.4 Å². The van der Waals surface area contributed by atoms with Crippen LogP contribution in [0.4, 0.5) is 0 Å². The second-order valence-corrected chi connectivity index (χ2v) is 7.63. The van der Waals surface area contributed by atoms with E-state index in [0.29, 0.717) is 5.82 Å². The number of aryl methyl sites for hydroxylation is 1. The number of amides is 1. The summed E-state index contributed by atoms with van der Waals surface area (Å²) in [6.07, 6.45) is 0. The predicted octanol–water partition coefficient (Wildman–Crippen LogP) is 1.88. The van der Waals surface area contributed by atoms with Crippen LogP contribution in [-0.2, 0) is 16.6 Å². The lowest BCUT2D eigenvalue weighted by atomic mass is 10.1. The van der Waals surface area contributed by atoms with E-state index in [1.54, 1.807) is 0 Å². The molecule has 1 aromatic heterocycles. The summed E-state index contributed by atoms with van der Waals surface area (Å²) in [6.45, 7) is 1.97. The van der Waals surface area contributed by atoms with E-state index in [-0.39, 0.29) is 22.9 Å². The third-order valence-corrected chi connectivity index (χ3v) is 5.34. The van der Waals surface area contributed by atoms with Crippen molar-refractivity contribution in [3.8, 4) is 11.4 Å². The number of carbonyl (C=O) groups excluding carboxylic acids is 1. The van der Waals surface area contributed by atoms with Gasteiger partial charge < -0.3 is 9.84 Å². The van der Waals surface area contributed by atoms with Crippen molar-refractivity contribution in [1.82, 2.24) is 20.2 Å². The molecule has 0 saturated heterocycles. The summed E-state index contributed by atoms with van der Waals surface area (Å²) in [6, 6.07) is 13.4. The number of nitrogens with zero attached hydrogens (tertiary/aromatic N) is 2. The Hall–Kier alpha value is -3.04. The van der Waals surface area contributed by atoms with Gasteiger partial charge in [0.15, 0.2) is 0 Å². The van der Waals surface area contributed by atoms with Crippen LogP contribution in [-0.4, -0.2) is 31.5 Å². The highest BCUT2D eigenvalue weighted by Gasteiger charge is 2.15. The van der Waals surface area contributed by atoms with Crippen molar-refractivity contribution < 1.29 is 17.7 Å². The zero-order chi connectivity index (χ0) is 19.4. The van der Waals surface area contributed by atoms with Gasteiger partial charge in [0.1, 0.15) is 0 Å². The van der Waals surface area contributed by atoms with Crippen LogP contribution in [0.2, 0.25) is 0 Å². The van der Waals surface area contributed by atoms with Gasteiger partial charge in [-0.1, -0.05) is 35.5 Å². The molecule has 0 aliphatic rings. The zero-order valence-electron chi connectivity index (χ0n) is 14.8. The Kier molecular flexibility index (Phi) is 5.33. The molecular formula is C18H18N4O4S. The van der Waals surface area contributed by atoms with Gasteiger partial charge in [0.25, 0.3) is 5.91 Å². The first-order chi connectivity index (χ1) is 12.9. The fourth-order valence-corrected chi connectivity index (χ4v) is 3.22. The van der Waals surface area contributed by atoms with Crippen LogP contribution >= 0.6 is 0 Å². The van der Waals surface area contributed by atoms with Crippen LogP contribution in [0.25, 0.3) is 11.4 Å². The molecule has 0 fully saturated rings. The Morgan fingerprint density at radius 1 is 1.15 bits per heavy atom. The molecule has 140 valence electrons. The molecule has 3 rings (SSSR count). The maximum atomic E-state index is 12.3. The number of rotatable bonds is 6. The number of aromatic nitrogens is 2. The number of hydrogen-bond acceptors (Lipinski definition) is 6. The molecule has 2 N–H and O–H groups in total. The molecule has 0 radical (unpaired) electrons. The van der Waals surface area contributed by atoms with Crippen molar-refractivity contribution in [3.63, 3.8) is 0 Å². The van der Waals surface area contributed by atoms with Crippen molar-refractivity contribution in [2.24, 2.45) is 0 Å². The Bertz CT molecular complexity index is 1080. The quantitative estimate of drug-likeness (QED) is 0.669. The molecule has 3 aromatic rings. The highest BCUT2D eigenvalue weighted by atomic mass is 32.2. The minimum atomic E-state index is -3.62. The van der Waals surface area contributed by atoms with Gasteiger partial charge in [-0.05, 0) is 37.7 Å². The van der Waals surface area contributed by atoms with Crippen molar-refractivity contribution in [3.05, 3.63) is 65.5 Å². The van der Waals surface area contributed by atoms with Crippen LogP contribution in [0, 0.1) is 6.92 Å². The van der Waals surface area contributed by atoms with E-state index in [1.165, 1.54) is 31.3 Å². The van der Waals surface area contributed by atoms with E-state index < -0.39 is 15.9 Å². The van der Waals surface area contributed by atoms with Crippen LogP contribution in [0.15, 0.2) is 57.9 Å². The highest BCUT2D eigenvalue weighted by Crippen LogP contribution is 2.19. The maximum absolute atomic E-state index is 12.3. The maximum Gasteiger partial charge on any atom is 0.251 e. The van der Waals surface area contributed by atoms with Crippen molar-refractivity contribution in [2.75, 3.05) is 7.05 Å². The van der Waals surface area contributed by atoms with Gasteiger partial charge >= 0.3 is 0 Å². The van der Waals surface area contributed by atoms with Gasteiger partial charge in [-0.2, -0.15) is 4.98 Å². The summed E-state index contributed by atoms with van der Waals surface area (Å²) in [5, 5.41) is 6.57. The Labute approximate surface area is 156 Å². The standard InChI is InChI=1S/C18H18N4O4S/c1-12-6-3-4-9-15(12)17-21-16(26-22-17)11-20-18(23)13-7-5-8-14(10-13)27(24,25)19-2/h3-10,19H,11H2,1-2H3,(H,20,23). The summed E-state index contributed by atoms with van der Waals surface area (Å²) < 4.78 is 31.1. The molecule has 9 heteroatoms. The van der Waals surface area contributed by atoms with E-state index >= 15 is 0 Å². The van der Waals surface area contributed by atoms with Gasteiger partial charge in [0.2, 0.25) is 21.7 Å². The van der Waals surface area contributed by atoms with E-state index in [1.807, 2.05) is 31.2 Å². The van der Waals surface area contributed by atoms with Crippen molar-refractivity contribution >= 4 is 15.9 Å². The first kappa shape index (κ1) is 18.7. The molecule has 1 amide bonds. The summed E-state index contributed by atoms with van der Waals surface area (Å²) in [5.74, 6) is 0.249. The molecule has 0 bridgehead atoms. The van der Waals surface area contributed by atoms with Crippen LogP contribution in [0.5, 0.6) is 0 Å². The SMILES string of the molecule is CNS(=O)(=O)c1cccc(C(=O)NCc2nc(-c3ccccc3C)no2)c1. The number of nitrogens with one attached hydrogen (secondary N) is 2. The van der Waals surface area contributed by atoms with E-state index in [4.69, 9.17) is 4.52 Å². The zero-order valence-corrected chi connectivity index (χ0v) is 15.6. The van der Waals surface area contributed by atoms with E-state index in [0.717, 1.165) is 11.1 Å². The lowest BCUT2D eigenvalue weighted by Gasteiger charge is -2.06. The summed E-state index contributed by atoms with van der Waals surface area (Å²) in [4.78, 5) is 16.6. The first-order valence-corrected chi connectivity index (χ1v) is 9.59. The molecule has 0 saturated carbocycles. The smallest absolute Gasteiger partial charge is 0.251 e. The fourth-order valence-electron chi connectivity index (χ4n) is 2.44. The van der Waals surface area contributed by atoms with Crippen LogP contribution in [0.1, 0.15) is 21.8 Å². The van der Waals surface area contributed by atoms with Crippen molar-refractivity contribution in [1.29, 1.82) is 0 Å². The Morgan fingerprint density at radius 2 is 1.93 bits per heavy atom. The van der Waals surface area contributed by atoms with Gasteiger partial charge in [0, 0.05) is 11.1 Å². The second kappa shape index (κ2) is 7.68. The molecule has 0 unspecified atom stereocenters. The van der Waals surface area contributed by atoms with Crippen LogP contribution in [0.3, 0.4) is 0 Å². The average molecular weight is 386 g/mol. The first-order valence-electron chi connectivity index (χ1n) is 8.11. The highest BCUT2D eigenvalue weighted by molar-refractivity contribution is 7.89. The van der Waals surface area contributed by atoms with Crippen molar-refractivity contribution in [2.45, 2.75) is 18.4 Å². The van der Waals surface area contributed by atoms with Gasteiger partial charge in [-0.3, -0.25) is 4.79 Å². The molecule has 2 aromatic carbocycles. The van der Waals surface area contributed by atoms with E-state index in [2.05, 4.69) is 20.2 Å². The van der Waals surface area contributed by atoms with Crippen LogP contribution < -0.4 is 10.0 Å². The largest absolute Gasteiger partial charge is 0.343 e. The number of benzene rings is 2. The molecule has 8 nitrogen and oxygen atoms in total.